The second kappa shape index (κ2) is 12.0. The molecule has 2 unspecified atom stereocenters. The number of hydrogen-bond donors (Lipinski definition) is 4. The van der Waals surface area contributed by atoms with E-state index in [1.54, 1.807) is 0 Å². The van der Waals surface area contributed by atoms with Gasteiger partial charge in [0.2, 0.25) is 0 Å². The van der Waals surface area contributed by atoms with Crippen molar-refractivity contribution in [3.05, 3.63) is 129 Å². The van der Waals surface area contributed by atoms with Crippen molar-refractivity contribution in [2.45, 2.75) is 59.4 Å². The number of rotatable bonds is 4. The summed E-state index contributed by atoms with van der Waals surface area (Å²) in [6.45, 7) is 13.8. The summed E-state index contributed by atoms with van der Waals surface area (Å²) in [5.74, 6) is -23.6. The number of aliphatic hydroxyl groups excluding tert-OH is 2. The summed E-state index contributed by atoms with van der Waals surface area (Å²) < 4.78 is 180. The van der Waals surface area contributed by atoms with Gasteiger partial charge in [-0.3, -0.25) is 0 Å². The topological polar surface area (TPSA) is 108 Å². The summed E-state index contributed by atoms with van der Waals surface area (Å²) in [4.78, 5) is 6.00. The first-order valence-electron chi connectivity index (χ1n) is 15.6. The van der Waals surface area contributed by atoms with Gasteiger partial charge in [-0.1, -0.05) is 0 Å². The molecule has 8 nitrogen and oxygen atoms in total. The fraction of sp³-hybridized carbons (Fsp3) is 0.278. The minimum atomic E-state index is -5.22. The number of hydrogen-bond acceptors (Lipinski definition) is 6. The van der Waals surface area contributed by atoms with Gasteiger partial charge in [0.25, 0.3) is 0 Å². The third-order valence-electron chi connectivity index (χ3n) is 9.97. The van der Waals surface area contributed by atoms with Crippen molar-refractivity contribution in [1.29, 1.82) is 0 Å². The molecular weight excluding hydrogens is 784 g/mol. The maximum atomic E-state index is 14.5. The standard InChI is InChI=1S/2C18H9F6NO3/c2*1-25-8-4-7(19)5-9(6-8)28-11-3-2-10-13-12(11)14(26)15(20)16(13,27)18(23,24)17(10,21)22/h2*2-6,14-15,26-27H/t14?,15-,16+;14?,15-,16-/m10/s1. The first-order valence-corrected chi connectivity index (χ1v) is 15.6. The fourth-order valence-corrected chi connectivity index (χ4v) is 7.41. The van der Waals surface area contributed by atoms with Crippen LogP contribution >= 0.6 is 0 Å². The number of alkyl halides is 10. The molecule has 4 aliphatic carbocycles. The van der Waals surface area contributed by atoms with E-state index in [2.05, 4.69) is 9.69 Å². The van der Waals surface area contributed by atoms with Crippen molar-refractivity contribution in [3.8, 4) is 23.0 Å². The smallest absolute Gasteiger partial charge is 0.349 e. The molecule has 0 saturated carbocycles. The minimum Gasteiger partial charge on any atom is -0.458 e. The summed E-state index contributed by atoms with van der Waals surface area (Å²) in [5.41, 5.74) is -14.8. The van der Waals surface area contributed by atoms with Gasteiger partial charge in [0.1, 0.15) is 46.8 Å². The molecule has 56 heavy (non-hydrogen) atoms. The van der Waals surface area contributed by atoms with Crippen LogP contribution in [-0.4, -0.2) is 44.6 Å². The van der Waals surface area contributed by atoms with Gasteiger partial charge in [0.15, 0.2) is 34.9 Å². The lowest BCUT2D eigenvalue weighted by molar-refractivity contribution is -0.304. The predicted molar refractivity (Wildman–Crippen MR) is 164 cm³/mol. The molecule has 20 heteroatoms. The zero-order valence-corrected chi connectivity index (χ0v) is 27.1. The van der Waals surface area contributed by atoms with E-state index >= 15 is 0 Å². The van der Waals surface area contributed by atoms with E-state index in [-0.39, 0.29) is 22.9 Å². The third kappa shape index (κ3) is 4.70. The SMILES string of the molecule is [C-]#[N+]c1cc(F)cc(Oc2ccc3c4c2C(O)[C@@H](F)[C@]4(O)C(F)(F)C3(F)F)c1.[C-]#[N+]c1cc(F)cc(Oc2ccc3c4c2C(O)[C@H](F)[C@]4(O)C(F)(F)C3(F)F)c1. The third-order valence-corrected chi connectivity index (χ3v) is 9.97. The maximum absolute atomic E-state index is 14.5. The van der Waals surface area contributed by atoms with Crippen LogP contribution in [0, 0.1) is 24.8 Å². The lowest BCUT2D eigenvalue weighted by atomic mass is 9.93. The summed E-state index contributed by atoms with van der Waals surface area (Å²) in [7, 11) is 0. The largest absolute Gasteiger partial charge is 0.458 e. The number of benzene rings is 4. The second-order valence-electron chi connectivity index (χ2n) is 13.0. The molecule has 0 spiro atoms. The zero-order chi connectivity index (χ0) is 41.3. The molecule has 0 saturated heterocycles. The van der Waals surface area contributed by atoms with Crippen LogP contribution in [0.15, 0.2) is 60.7 Å². The molecule has 8 rings (SSSR count). The monoisotopic (exact) mass is 802 g/mol. The molecule has 0 radical (unpaired) electrons. The Labute approximate surface area is 305 Å². The molecule has 0 aromatic heterocycles. The Kier molecular flexibility index (Phi) is 8.28. The summed E-state index contributed by atoms with van der Waals surface area (Å²) in [6, 6.07) is 8.17. The minimum absolute atomic E-state index is 0.175. The van der Waals surface area contributed by atoms with Crippen molar-refractivity contribution in [3.63, 3.8) is 0 Å². The van der Waals surface area contributed by atoms with E-state index in [0.717, 1.165) is 48.5 Å². The van der Waals surface area contributed by atoms with Crippen molar-refractivity contribution < 1.29 is 82.6 Å². The quantitative estimate of drug-likeness (QED) is 0.121. The highest BCUT2D eigenvalue weighted by Crippen LogP contribution is 2.70. The molecule has 6 atom stereocenters. The van der Waals surface area contributed by atoms with E-state index < -0.39 is 116 Å². The average Bonchev–Trinajstić information content (AvgIpc) is 3.57. The van der Waals surface area contributed by atoms with Gasteiger partial charge in [-0.2, -0.15) is 35.1 Å². The number of ether oxygens (including phenoxy) is 2. The van der Waals surface area contributed by atoms with Gasteiger partial charge in [-0.15, -0.1) is 0 Å². The van der Waals surface area contributed by atoms with Gasteiger partial charge in [0, 0.05) is 45.5 Å². The molecule has 4 aromatic rings. The van der Waals surface area contributed by atoms with E-state index in [0.29, 0.717) is 12.1 Å². The Morgan fingerprint density at radius 2 is 0.893 bits per heavy atom. The Balaban J connectivity index is 0.000000172. The Morgan fingerprint density at radius 3 is 1.21 bits per heavy atom. The molecule has 0 heterocycles. The number of aliphatic hydroxyl groups is 4. The van der Waals surface area contributed by atoms with Crippen LogP contribution < -0.4 is 9.47 Å². The summed E-state index contributed by atoms with van der Waals surface area (Å²) in [6.07, 6.45) is -11.1. The van der Waals surface area contributed by atoms with Gasteiger partial charge >= 0.3 is 23.7 Å². The molecule has 292 valence electrons. The van der Waals surface area contributed by atoms with Gasteiger partial charge in [0.05, 0.1) is 13.1 Å². The van der Waals surface area contributed by atoms with Gasteiger partial charge in [-0.05, 0) is 48.5 Å². The molecular formula is C36H18F12N2O6. The van der Waals surface area contributed by atoms with Crippen molar-refractivity contribution in [1.82, 2.24) is 0 Å². The fourth-order valence-electron chi connectivity index (χ4n) is 7.41. The highest BCUT2D eigenvalue weighted by molar-refractivity contribution is 5.64. The van der Waals surface area contributed by atoms with Crippen molar-refractivity contribution in [2.75, 3.05) is 0 Å². The molecule has 4 aromatic carbocycles. The van der Waals surface area contributed by atoms with Crippen molar-refractivity contribution in [2.24, 2.45) is 0 Å². The second-order valence-corrected chi connectivity index (χ2v) is 13.0. The molecule has 0 amide bonds. The number of halogens is 12. The van der Waals surface area contributed by atoms with E-state index in [1.807, 2.05) is 0 Å². The molecule has 0 aliphatic heterocycles. The van der Waals surface area contributed by atoms with Crippen LogP contribution in [0.4, 0.5) is 64.1 Å². The van der Waals surface area contributed by atoms with Gasteiger partial charge in [-0.25, -0.2) is 27.3 Å². The van der Waals surface area contributed by atoms with E-state index in [1.165, 1.54) is 0 Å². The highest BCUT2D eigenvalue weighted by Gasteiger charge is 2.84. The van der Waals surface area contributed by atoms with E-state index in [4.69, 9.17) is 22.6 Å². The van der Waals surface area contributed by atoms with Crippen LogP contribution in [0.5, 0.6) is 23.0 Å². The Bertz CT molecular complexity index is 2270. The van der Waals surface area contributed by atoms with Crippen LogP contribution in [0.25, 0.3) is 9.69 Å². The molecule has 0 bridgehead atoms. The molecule has 4 N–H and O–H groups in total. The van der Waals surface area contributed by atoms with Crippen LogP contribution in [-0.2, 0) is 23.0 Å². The normalized spacial score (nSPS) is 28.7. The lowest BCUT2D eigenvalue weighted by Crippen LogP contribution is -2.53. The summed E-state index contributed by atoms with van der Waals surface area (Å²) in [5, 5.41) is 40.5. The van der Waals surface area contributed by atoms with Crippen molar-refractivity contribution >= 4 is 11.4 Å². The maximum Gasteiger partial charge on any atom is 0.349 e. The predicted octanol–water partition coefficient (Wildman–Crippen LogP) is 8.96. The highest BCUT2D eigenvalue weighted by atomic mass is 19.3. The Hall–Kier alpha value is -5.54. The van der Waals surface area contributed by atoms with E-state index in [9.17, 15) is 73.1 Å². The molecule has 0 fully saturated rings. The molecule has 4 aliphatic rings. The van der Waals surface area contributed by atoms with Crippen LogP contribution in [0.1, 0.15) is 45.6 Å². The Morgan fingerprint density at radius 1 is 0.554 bits per heavy atom. The van der Waals surface area contributed by atoms with Crippen LogP contribution in [0.3, 0.4) is 0 Å². The first kappa shape index (κ1) is 38.7. The summed E-state index contributed by atoms with van der Waals surface area (Å²) >= 11 is 0. The average molecular weight is 803 g/mol. The van der Waals surface area contributed by atoms with Crippen LogP contribution in [0.2, 0.25) is 0 Å². The first-order chi connectivity index (χ1) is 25.9. The number of nitrogens with zero attached hydrogens (tertiary/aromatic N) is 2. The zero-order valence-electron chi connectivity index (χ0n) is 27.1. The lowest BCUT2D eigenvalue weighted by Gasteiger charge is -2.32. The van der Waals surface area contributed by atoms with Gasteiger partial charge < -0.3 is 29.9 Å².